The molecule has 92 valence electrons. The van der Waals surface area contributed by atoms with Crippen molar-refractivity contribution < 1.29 is 0 Å². The van der Waals surface area contributed by atoms with Crippen LogP contribution in [0.5, 0.6) is 0 Å². The molecular formula is C14H14N2S2. The van der Waals surface area contributed by atoms with E-state index >= 15 is 0 Å². The molecule has 2 nitrogen and oxygen atoms in total. The molecule has 1 unspecified atom stereocenters. The molecule has 0 spiro atoms. The first-order valence-electron chi connectivity index (χ1n) is 5.94. The normalized spacial score (nSPS) is 12.7. The second-order valence-electron chi connectivity index (χ2n) is 4.37. The number of thiazole rings is 1. The van der Waals surface area contributed by atoms with Gasteiger partial charge in [-0.2, -0.15) is 11.3 Å². The van der Waals surface area contributed by atoms with E-state index in [9.17, 15) is 0 Å². The number of rotatable bonds is 4. The SMILES string of the molecule is CC(Cc1ccsc1)Nc1nc2ccccc2s1. The summed E-state index contributed by atoms with van der Waals surface area (Å²) in [4.78, 5) is 4.59. The number of thiophene rings is 1. The fraction of sp³-hybridized carbons (Fsp3) is 0.214. The van der Waals surface area contributed by atoms with Gasteiger partial charge < -0.3 is 5.32 Å². The Balaban J connectivity index is 1.71. The van der Waals surface area contributed by atoms with Crippen LogP contribution in [0.15, 0.2) is 41.1 Å². The molecule has 0 aliphatic heterocycles. The fourth-order valence-corrected chi connectivity index (χ4v) is 3.62. The van der Waals surface area contributed by atoms with Crippen LogP contribution in [0.3, 0.4) is 0 Å². The van der Waals surface area contributed by atoms with Gasteiger partial charge in [0.15, 0.2) is 5.13 Å². The van der Waals surface area contributed by atoms with Gasteiger partial charge in [0, 0.05) is 6.04 Å². The molecule has 1 atom stereocenters. The first-order valence-corrected chi connectivity index (χ1v) is 7.70. The number of aromatic nitrogens is 1. The minimum atomic E-state index is 0.403. The van der Waals surface area contributed by atoms with E-state index in [4.69, 9.17) is 0 Å². The molecule has 3 rings (SSSR count). The number of fused-ring (bicyclic) bond motifs is 1. The highest BCUT2D eigenvalue weighted by Crippen LogP contribution is 2.26. The Morgan fingerprint density at radius 1 is 1.28 bits per heavy atom. The second kappa shape index (κ2) is 5.08. The van der Waals surface area contributed by atoms with Gasteiger partial charge in [0.05, 0.1) is 10.2 Å². The number of anilines is 1. The lowest BCUT2D eigenvalue weighted by Crippen LogP contribution is -2.17. The third kappa shape index (κ3) is 2.54. The zero-order valence-electron chi connectivity index (χ0n) is 10.1. The summed E-state index contributed by atoms with van der Waals surface area (Å²) in [6.07, 6.45) is 1.04. The third-order valence-electron chi connectivity index (χ3n) is 2.79. The lowest BCUT2D eigenvalue weighted by atomic mass is 10.1. The number of hydrogen-bond donors (Lipinski definition) is 1. The topological polar surface area (TPSA) is 24.9 Å². The Hall–Kier alpha value is -1.39. The summed E-state index contributed by atoms with van der Waals surface area (Å²) < 4.78 is 1.24. The molecule has 1 N–H and O–H groups in total. The standard InChI is InChI=1S/C14H14N2S2/c1-10(8-11-6-7-17-9-11)15-14-16-12-4-2-3-5-13(12)18-14/h2-7,9-10H,8H2,1H3,(H,15,16). The molecular weight excluding hydrogens is 260 g/mol. The quantitative estimate of drug-likeness (QED) is 0.762. The number of nitrogens with one attached hydrogen (secondary N) is 1. The molecule has 0 amide bonds. The smallest absolute Gasteiger partial charge is 0.184 e. The zero-order chi connectivity index (χ0) is 12.4. The van der Waals surface area contributed by atoms with E-state index in [0.29, 0.717) is 6.04 Å². The Bertz CT molecular complexity index is 595. The Morgan fingerprint density at radius 2 is 2.17 bits per heavy atom. The Labute approximate surface area is 114 Å². The van der Waals surface area contributed by atoms with Crippen LogP contribution in [0.4, 0.5) is 5.13 Å². The lowest BCUT2D eigenvalue weighted by molar-refractivity contribution is 0.791. The van der Waals surface area contributed by atoms with Gasteiger partial charge >= 0.3 is 0 Å². The van der Waals surface area contributed by atoms with E-state index in [0.717, 1.165) is 17.1 Å². The summed E-state index contributed by atoms with van der Waals surface area (Å²) in [7, 11) is 0. The minimum absolute atomic E-state index is 0.403. The maximum absolute atomic E-state index is 4.59. The van der Waals surface area contributed by atoms with Crippen molar-refractivity contribution in [2.45, 2.75) is 19.4 Å². The molecule has 0 bridgehead atoms. The van der Waals surface area contributed by atoms with Gasteiger partial charge in [0.2, 0.25) is 0 Å². The van der Waals surface area contributed by atoms with Gasteiger partial charge in [-0.15, -0.1) is 0 Å². The van der Waals surface area contributed by atoms with Crippen molar-refractivity contribution in [3.8, 4) is 0 Å². The average molecular weight is 274 g/mol. The van der Waals surface area contributed by atoms with Crippen molar-refractivity contribution in [2.24, 2.45) is 0 Å². The minimum Gasteiger partial charge on any atom is -0.359 e. The van der Waals surface area contributed by atoms with E-state index < -0.39 is 0 Å². The molecule has 18 heavy (non-hydrogen) atoms. The molecule has 0 saturated carbocycles. The van der Waals surface area contributed by atoms with E-state index in [-0.39, 0.29) is 0 Å². The maximum atomic E-state index is 4.59. The number of hydrogen-bond acceptors (Lipinski definition) is 4. The molecule has 0 radical (unpaired) electrons. The van der Waals surface area contributed by atoms with E-state index in [1.807, 2.05) is 6.07 Å². The van der Waals surface area contributed by atoms with E-state index in [1.54, 1.807) is 22.7 Å². The largest absolute Gasteiger partial charge is 0.359 e. The second-order valence-corrected chi connectivity index (χ2v) is 6.18. The molecule has 2 aromatic heterocycles. The number of benzene rings is 1. The van der Waals surface area contributed by atoms with Gasteiger partial charge in [-0.25, -0.2) is 4.98 Å². The van der Waals surface area contributed by atoms with Crippen molar-refractivity contribution in [3.63, 3.8) is 0 Å². The Morgan fingerprint density at radius 3 is 2.94 bits per heavy atom. The van der Waals surface area contributed by atoms with Crippen molar-refractivity contribution in [1.29, 1.82) is 0 Å². The predicted octanol–water partition coefficient (Wildman–Crippen LogP) is 4.40. The molecule has 0 aliphatic carbocycles. The first-order chi connectivity index (χ1) is 8.81. The highest BCUT2D eigenvalue weighted by atomic mass is 32.1. The molecule has 0 aliphatic rings. The van der Waals surface area contributed by atoms with Crippen LogP contribution in [0.25, 0.3) is 10.2 Å². The van der Waals surface area contributed by atoms with E-state index in [1.165, 1.54) is 10.3 Å². The average Bonchev–Trinajstić information content (AvgIpc) is 2.96. The van der Waals surface area contributed by atoms with Crippen LogP contribution in [0.2, 0.25) is 0 Å². The summed E-state index contributed by atoms with van der Waals surface area (Å²) in [6.45, 7) is 2.20. The highest BCUT2D eigenvalue weighted by molar-refractivity contribution is 7.22. The molecule has 1 aromatic carbocycles. The monoisotopic (exact) mass is 274 g/mol. The van der Waals surface area contributed by atoms with Crippen LogP contribution in [0, 0.1) is 0 Å². The number of nitrogens with zero attached hydrogens (tertiary/aromatic N) is 1. The van der Waals surface area contributed by atoms with Gasteiger partial charge in [0.25, 0.3) is 0 Å². The van der Waals surface area contributed by atoms with Crippen LogP contribution < -0.4 is 5.32 Å². The third-order valence-corrected chi connectivity index (χ3v) is 4.49. The molecule has 2 heterocycles. The van der Waals surface area contributed by atoms with Gasteiger partial charge in [-0.1, -0.05) is 23.5 Å². The molecule has 0 saturated heterocycles. The van der Waals surface area contributed by atoms with Gasteiger partial charge in [0.1, 0.15) is 0 Å². The predicted molar refractivity (Wildman–Crippen MR) is 80.7 cm³/mol. The maximum Gasteiger partial charge on any atom is 0.184 e. The van der Waals surface area contributed by atoms with Crippen LogP contribution >= 0.6 is 22.7 Å². The van der Waals surface area contributed by atoms with Gasteiger partial charge in [-0.3, -0.25) is 0 Å². The van der Waals surface area contributed by atoms with Crippen molar-refractivity contribution in [2.75, 3.05) is 5.32 Å². The van der Waals surface area contributed by atoms with E-state index in [2.05, 4.69) is 52.3 Å². The van der Waals surface area contributed by atoms with Crippen LogP contribution in [0.1, 0.15) is 12.5 Å². The van der Waals surface area contributed by atoms with Crippen molar-refractivity contribution in [3.05, 3.63) is 46.7 Å². The zero-order valence-corrected chi connectivity index (χ0v) is 11.7. The molecule has 4 heteroatoms. The first kappa shape index (κ1) is 11.7. The lowest BCUT2D eigenvalue weighted by Gasteiger charge is -2.11. The molecule has 0 fully saturated rings. The van der Waals surface area contributed by atoms with Crippen molar-refractivity contribution in [1.82, 2.24) is 4.98 Å². The summed E-state index contributed by atoms with van der Waals surface area (Å²) in [5.41, 5.74) is 2.47. The summed E-state index contributed by atoms with van der Waals surface area (Å²) in [5, 5.41) is 8.82. The summed E-state index contributed by atoms with van der Waals surface area (Å²) in [6, 6.07) is 10.8. The Kier molecular flexibility index (Phi) is 3.30. The molecule has 3 aromatic rings. The summed E-state index contributed by atoms with van der Waals surface area (Å²) >= 11 is 3.47. The van der Waals surface area contributed by atoms with Gasteiger partial charge in [-0.05, 0) is 47.9 Å². The van der Waals surface area contributed by atoms with Crippen LogP contribution in [-0.4, -0.2) is 11.0 Å². The number of para-hydroxylation sites is 1. The highest BCUT2D eigenvalue weighted by Gasteiger charge is 2.07. The van der Waals surface area contributed by atoms with Crippen molar-refractivity contribution >= 4 is 38.0 Å². The van der Waals surface area contributed by atoms with Crippen LogP contribution in [-0.2, 0) is 6.42 Å². The fourth-order valence-electron chi connectivity index (χ4n) is 1.96. The summed E-state index contributed by atoms with van der Waals surface area (Å²) in [5.74, 6) is 0.